The minimum Gasteiger partial charge on any atom is -0.505 e. The van der Waals surface area contributed by atoms with Gasteiger partial charge in [-0.25, -0.2) is 9.97 Å². The van der Waals surface area contributed by atoms with Crippen molar-refractivity contribution in [2.24, 2.45) is 5.92 Å². The van der Waals surface area contributed by atoms with Crippen LogP contribution in [-0.2, 0) is 6.42 Å². The molecule has 4 nitrogen and oxygen atoms in total. The highest BCUT2D eigenvalue weighted by Gasteiger charge is 2.15. The summed E-state index contributed by atoms with van der Waals surface area (Å²) in [7, 11) is 0. The Morgan fingerprint density at radius 1 is 1.46 bits per heavy atom. The first-order chi connectivity index (χ1) is 6.34. The Hall–Kier alpha value is -1.16. The van der Waals surface area contributed by atoms with Crippen LogP contribution in [0.15, 0.2) is 12.4 Å². The van der Waals surface area contributed by atoms with Gasteiger partial charge in [0.25, 0.3) is 0 Å². The van der Waals surface area contributed by atoms with E-state index in [9.17, 15) is 0 Å². The summed E-state index contributed by atoms with van der Waals surface area (Å²) in [6.07, 6.45) is 5.01. The predicted octanol–water partition coefficient (Wildman–Crippen LogP) is 0.334. The monoisotopic (exact) mass is 179 g/mol. The topological polar surface area (TPSA) is 58.0 Å². The van der Waals surface area contributed by atoms with E-state index in [1.807, 2.05) is 0 Å². The fraction of sp³-hybridized carbons (Fsp3) is 0.556. The molecule has 0 aromatic carbocycles. The average molecular weight is 179 g/mol. The van der Waals surface area contributed by atoms with Crippen molar-refractivity contribution >= 4 is 0 Å². The molecule has 0 spiro atoms. The van der Waals surface area contributed by atoms with Crippen molar-refractivity contribution < 1.29 is 5.11 Å². The van der Waals surface area contributed by atoms with Gasteiger partial charge in [-0.2, -0.15) is 0 Å². The van der Waals surface area contributed by atoms with Crippen molar-refractivity contribution in [2.75, 3.05) is 13.1 Å². The first-order valence-corrected chi connectivity index (χ1v) is 4.55. The molecule has 70 valence electrons. The highest BCUT2D eigenvalue weighted by atomic mass is 16.3. The maximum atomic E-state index is 8.98. The third kappa shape index (κ3) is 2.15. The summed E-state index contributed by atoms with van der Waals surface area (Å²) < 4.78 is 0. The van der Waals surface area contributed by atoms with Crippen LogP contribution in [0.25, 0.3) is 0 Å². The minimum atomic E-state index is 0.133. The van der Waals surface area contributed by atoms with Crippen LogP contribution < -0.4 is 5.32 Å². The summed E-state index contributed by atoms with van der Waals surface area (Å²) in [5.41, 5.74) is 0. The van der Waals surface area contributed by atoms with Crippen LogP contribution in [0.3, 0.4) is 0 Å². The molecular weight excluding hydrogens is 166 g/mol. The molecule has 1 aromatic rings. The van der Waals surface area contributed by atoms with Gasteiger partial charge in [-0.3, -0.25) is 0 Å². The van der Waals surface area contributed by atoms with Crippen LogP contribution in [-0.4, -0.2) is 28.2 Å². The van der Waals surface area contributed by atoms with E-state index in [1.165, 1.54) is 18.8 Å². The van der Waals surface area contributed by atoms with Gasteiger partial charge in [0.05, 0.1) is 12.4 Å². The maximum Gasteiger partial charge on any atom is 0.152 e. The van der Waals surface area contributed by atoms with Crippen LogP contribution in [0, 0.1) is 5.92 Å². The maximum absolute atomic E-state index is 8.98. The van der Waals surface area contributed by atoms with E-state index in [1.54, 1.807) is 0 Å². The van der Waals surface area contributed by atoms with Gasteiger partial charge in [-0.05, 0) is 25.4 Å². The van der Waals surface area contributed by atoms with Gasteiger partial charge in [-0.15, -0.1) is 0 Å². The molecule has 1 fully saturated rings. The highest BCUT2D eigenvalue weighted by Crippen LogP contribution is 2.13. The lowest BCUT2D eigenvalue weighted by molar-refractivity contribution is 0.466. The number of hydrogen-bond donors (Lipinski definition) is 2. The zero-order valence-corrected chi connectivity index (χ0v) is 7.40. The minimum absolute atomic E-state index is 0.133. The van der Waals surface area contributed by atoms with Gasteiger partial charge < -0.3 is 10.4 Å². The number of aromatic hydroxyl groups is 1. The lowest BCUT2D eigenvalue weighted by Crippen LogP contribution is -2.12. The lowest BCUT2D eigenvalue weighted by atomic mass is 10.1. The first-order valence-electron chi connectivity index (χ1n) is 4.55. The van der Waals surface area contributed by atoms with E-state index < -0.39 is 0 Å². The molecule has 13 heavy (non-hydrogen) atoms. The molecule has 1 aliphatic heterocycles. The smallest absolute Gasteiger partial charge is 0.152 e. The molecule has 0 aliphatic carbocycles. The fourth-order valence-electron chi connectivity index (χ4n) is 1.60. The number of nitrogens with zero attached hydrogens (tertiary/aromatic N) is 2. The molecule has 2 rings (SSSR count). The van der Waals surface area contributed by atoms with Crippen molar-refractivity contribution in [3.05, 3.63) is 18.2 Å². The molecule has 1 aliphatic rings. The molecule has 0 bridgehead atoms. The zero-order chi connectivity index (χ0) is 9.10. The lowest BCUT2D eigenvalue weighted by Gasteiger charge is -2.05. The second kappa shape index (κ2) is 3.70. The Bertz CT molecular complexity index is 267. The molecule has 1 aromatic heterocycles. The van der Waals surface area contributed by atoms with Crippen LogP contribution >= 0.6 is 0 Å². The van der Waals surface area contributed by atoms with Crippen LogP contribution in [0.1, 0.15) is 12.2 Å². The molecular formula is C9H13N3O. The van der Waals surface area contributed by atoms with Crippen LogP contribution in [0.4, 0.5) is 0 Å². The second-order valence-electron chi connectivity index (χ2n) is 3.42. The third-order valence-electron chi connectivity index (χ3n) is 2.33. The van der Waals surface area contributed by atoms with E-state index >= 15 is 0 Å². The molecule has 0 amide bonds. The number of rotatable bonds is 2. The standard InChI is InChI=1S/C9H13N3O/c13-8-5-11-9(12-6-8)3-7-1-2-10-4-7/h5-7,10,13H,1-4H2. The Kier molecular flexibility index (Phi) is 2.40. The molecule has 2 N–H and O–H groups in total. The Morgan fingerprint density at radius 2 is 2.23 bits per heavy atom. The van der Waals surface area contributed by atoms with Gasteiger partial charge in [0, 0.05) is 6.42 Å². The Balaban J connectivity index is 1.97. The van der Waals surface area contributed by atoms with E-state index in [2.05, 4.69) is 15.3 Å². The molecule has 0 saturated carbocycles. The molecule has 1 atom stereocenters. The predicted molar refractivity (Wildman–Crippen MR) is 48.4 cm³/mol. The van der Waals surface area contributed by atoms with E-state index in [0.717, 1.165) is 25.3 Å². The summed E-state index contributed by atoms with van der Waals surface area (Å²) in [6, 6.07) is 0. The Morgan fingerprint density at radius 3 is 2.85 bits per heavy atom. The number of aromatic nitrogens is 2. The van der Waals surface area contributed by atoms with Crippen molar-refractivity contribution in [3.8, 4) is 5.75 Å². The number of hydrogen-bond acceptors (Lipinski definition) is 4. The zero-order valence-electron chi connectivity index (χ0n) is 7.40. The third-order valence-corrected chi connectivity index (χ3v) is 2.33. The van der Waals surface area contributed by atoms with Gasteiger partial charge >= 0.3 is 0 Å². The number of nitrogens with one attached hydrogen (secondary N) is 1. The summed E-state index contributed by atoms with van der Waals surface area (Å²) in [5.74, 6) is 1.62. The van der Waals surface area contributed by atoms with Gasteiger partial charge in [-0.1, -0.05) is 0 Å². The van der Waals surface area contributed by atoms with Gasteiger partial charge in [0.2, 0.25) is 0 Å². The summed E-state index contributed by atoms with van der Waals surface area (Å²) >= 11 is 0. The largest absolute Gasteiger partial charge is 0.505 e. The van der Waals surface area contributed by atoms with Gasteiger partial charge in [0.15, 0.2) is 5.75 Å². The molecule has 4 heteroatoms. The molecule has 1 saturated heterocycles. The summed E-state index contributed by atoms with van der Waals surface area (Å²) in [6.45, 7) is 2.16. The second-order valence-corrected chi connectivity index (χ2v) is 3.42. The Labute approximate surface area is 77.0 Å². The molecule has 1 unspecified atom stereocenters. The van der Waals surface area contributed by atoms with E-state index in [-0.39, 0.29) is 5.75 Å². The highest BCUT2D eigenvalue weighted by molar-refractivity contribution is 5.09. The van der Waals surface area contributed by atoms with Crippen molar-refractivity contribution in [3.63, 3.8) is 0 Å². The summed E-state index contributed by atoms with van der Waals surface area (Å²) in [5, 5.41) is 12.3. The van der Waals surface area contributed by atoms with Gasteiger partial charge in [0.1, 0.15) is 5.82 Å². The SMILES string of the molecule is Oc1cnc(CC2CCNC2)nc1. The fourth-order valence-corrected chi connectivity index (χ4v) is 1.60. The normalized spacial score (nSPS) is 22.0. The van der Waals surface area contributed by atoms with Crippen molar-refractivity contribution in [1.82, 2.24) is 15.3 Å². The van der Waals surface area contributed by atoms with E-state index in [0.29, 0.717) is 5.92 Å². The molecule has 0 radical (unpaired) electrons. The first kappa shape index (κ1) is 8.44. The molecule has 2 heterocycles. The van der Waals surface area contributed by atoms with Crippen molar-refractivity contribution in [2.45, 2.75) is 12.8 Å². The average Bonchev–Trinajstić information content (AvgIpc) is 2.62. The summed E-state index contributed by atoms with van der Waals surface area (Å²) in [4.78, 5) is 8.11. The van der Waals surface area contributed by atoms with Crippen LogP contribution in [0.5, 0.6) is 5.75 Å². The van der Waals surface area contributed by atoms with Crippen molar-refractivity contribution in [1.29, 1.82) is 0 Å². The quantitative estimate of drug-likeness (QED) is 0.687. The van der Waals surface area contributed by atoms with Crippen LogP contribution in [0.2, 0.25) is 0 Å². The van der Waals surface area contributed by atoms with E-state index in [4.69, 9.17) is 5.11 Å².